The van der Waals surface area contributed by atoms with Gasteiger partial charge in [-0.1, -0.05) is 156 Å². The smallest absolute Gasteiger partial charge is 0.306 e. The van der Waals surface area contributed by atoms with Crippen molar-refractivity contribution < 1.29 is 19.1 Å². The lowest BCUT2D eigenvalue weighted by Gasteiger charge is -2.19. The summed E-state index contributed by atoms with van der Waals surface area (Å²) in [5, 5.41) is 0. The maximum Gasteiger partial charge on any atom is 0.306 e. The molecule has 0 spiro atoms. The molecule has 0 aliphatic heterocycles. The fourth-order valence-electron chi connectivity index (χ4n) is 6.00. The van der Waals surface area contributed by atoms with Gasteiger partial charge in [-0.05, 0) is 57.8 Å². The molecule has 0 radical (unpaired) electrons. The molecule has 0 aliphatic rings. The van der Waals surface area contributed by atoms with E-state index >= 15 is 0 Å². The van der Waals surface area contributed by atoms with E-state index in [-0.39, 0.29) is 24.1 Å². The first-order chi connectivity index (χ1) is 21.1. The zero-order valence-electron chi connectivity index (χ0n) is 29.7. The largest absolute Gasteiger partial charge is 0.462 e. The summed E-state index contributed by atoms with van der Waals surface area (Å²) in [6.07, 6.45) is 35.4. The molecule has 0 atom stereocenters. The third kappa shape index (κ3) is 30.7. The summed E-state index contributed by atoms with van der Waals surface area (Å²) in [5.41, 5.74) is 0. The average Bonchev–Trinajstić information content (AvgIpc) is 2.99. The second kappa shape index (κ2) is 33.8. The van der Waals surface area contributed by atoms with Gasteiger partial charge in [0.1, 0.15) is 12.2 Å². The van der Waals surface area contributed by atoms with Crippen LogP contribution in [0.5, 0.6) is 0 Å². The van der Waals surface area contributed by atoms with E-state index in [1.165, 1.54) is 128 Å². The number of ether oxygens (including phenoxy) is 2. The van der Waals surface area contributed by atoms with Gasteiger partial charge in [-0.3, -0.25) is 9.59 Å². The Balaban J connectivity index is 4.51. The van der Waals surface area contributed by atoms with Gasteiger partial charge in [0.25, 0.3) is 0 Å². The van der Waals surface area contributed by atoms with Crippen LogP contribution in [0.15, 0.2) is 0 Å². The van der Waals surface area contributed by atoms with Crippen LogP contribution in [0.4, 0.5) is 0 Å². The van der Waals surface area contributed by atoms with Gasteiger partial charge < -0.3 is 9.47 Å². The molecule has 0 aromatic heterocycles. The first kappa shape index (κ1) is 41.9. The van der Waals surface area contributed by atoms with Crippen molar-refractivity contribution in [3.05, 3.63) is 0 Å². The van der Waals surface area contributed by atoms with Gasteiger partial charge >= 0.3 is 11.9 Å². The number of rotatable bonds is 34. The van der Waals surface area contributed by atoms with Crippen molar-refractivity contribution in [3.8, 4) is 0 Å². The average molecular weight is 609 g/mol. The van der Waals surface area contributed by atoms with Gasteiger partial charge in [0.05, 0.1) is 0 Å². The van der Waals surface area contributed by atoms with E-state index in [1.54, 1.807) is 0 Å². The van der Waals surface area contributed by atoms with Crippen LogP contribution in [-0.4, -0.2) is 24.1 Å². The molecule has 0 saturated heterocycles. The summed E-state index contributed by atoms with van der Waals surface area (Å²) >= 11 is 0. The number of esters is 2. The lowest BCUT2D eigenvalue weighted by molar-refractivity contribution is -0.151. The molecule has 0 saturated carbocycles. The number of hydrogen-bond acceptors (Lipinski definition) is 4. The fraction of sp³-hybridized carbons (Fsp3) is 0.949. The van der Waals surface area contributed by atoms with Crippen LogP contribution < -0.4 is 0 Å². The first-order valence-electron chi connectivity index (χ1n) is 19.5. The molecule has 0 N–H and O–H groups in total. The SMILES string of the molecule is CCCCCCCCC(CCCCCCCC)OC(=O)CCCC(=O)OC(CCCCCCCC)CCCCCCCC. The Hall–Kier alpha value is -1.06. The maximum atomic E-state index is 12.7. The molecule has 0 aromatic carbocycles. The number of unbranched alkanes of at least 4 members (excludes halogenated alkanes) is 20. The number of carbonyl (C=O) groups is 2. The third-order valence-electron chi connectivity index (χ3n) is 8.88. The standard InChI is InChI=1S/C39H76O4/c1-5-9-13-17-21-25-30-36(31-26-22-18-14-10-6-2)42-38(40)34-29-35-39(41)43-37(32-27-23-19-15-11-7-3)33-28-24-20-16-12-8-4/h36-37H,5-35H2,1-4H3. The van der Waals surface area contributed by atoms with Gasteiger partial charge in [-0.25, -0.2) is 0 Å². The van der Waals surface area contributed by atoms with Crippen molar-refractivity contribution >= 4 is 11.9 Å². The lowest BCUT2D eigenvalue weighted by Crippen LogP contribution is -2.20. The van der Waals surface area contributed by atoms with Gasteiger partial charge in [0, 0.05) is 12.8 Å². The van der Waals surface area contributed by atoms with E-state index in [1.807, 2.05) is 0 Å². The van der Waals surface area contributed by atoms with E-state index in [0.717, 1.165) is 51.4 Å². The van der Waals surface area contributed by atoms with Crippen LogP contribution in [0.3, 0.4) is 0 Å². The van der Waals surface area contributed by atoms with Gasteiger partial charge in [-0.2, -0.15) is 0 Å². The summed E-state index contributed by atoms with van der Waals surface area (Å²) in [7, 11) is 0. The Morgan fingerprint density at radius 1 is 0.349 bits per heavy atom. The molecule has 0 amide bonds. The zero-order valence-corrected chi connectivity index (χ0v) is 29.7. The third-order valence-corrected chi connectivity index (χ3v) is 8.88. The van der Waals surface area contributed by atoms with Crippen LogP contribution in [0.1, 0.15) is 227 Å². The number of hydrogen-bond donors (Lipinski definition) is 0. The molecule has 0 unspecified atom stereocenters. The minimum absolute atomic E-state index is 0.0378. The molecule has 4 heteroatoms. The van der Waals surface area contributed by atoms with Crippen LogP contribution in [-0.2, 0) is 19.1 Å². The predicted molar refractivity (Wildman–Crippen MR) is 186 cm³/mol. The van der Waals surface area contributed by atoms with E-state index < -0.39 is 0 Å². The molecule has 0 aromatic rings. The Morgan fingerprint density at radius 3 is 0.837 bits per heavy atom. The van der Waals surface area contributed by atoms with Crippen molar-refractivity contribution in [3.63, 3.8) is 0 Å². The first-order valence-corrected chi connectivity index (χ1v) is 19.5. The predicted octanol–water partition coefficient (Wildman–Crippen LogP) is 13.0. The normalized spacial score (nSPS) is 11.5. The molecule has 0 rings (SSSR count). The highest BCUT2D eigenvalue weighted by Crippen LogP contribution is 2.20. The second-order valence-corrected chi connectivity index (χ2v) is 13.3. The van der Waals surface area contributed by atoms with Crippen molar-refractivity contribution in [2.45, 2.75) is 239 Å². The fourth-order valence-corrected chi connectivity index (χ4v) is 6.00. The maximum absolute atomic E-state index is 12.7. The lowest BCUT2D eigenvalue weighted by atomic mass is 10.0. The summed E-state index contributed by atoms with van der Waals surface area (Å²) < 4.78 is 11.9. The Bertz CT molecular complexity index is 508. The Kier molecular flexibility index (Phi) is 33.0. The molecule has 0 heterocycles. The van der Waals surface area contributed by atoms with Crippen LogP contribution in [0.25, 0.3) is 0 Å². The van der Waals surface area contributed by atoms with E-state index in [0.29, 0.717) is 19.3 Å². The van der Waals surface area contributed by atoms with Crippen LogP contribution >= 0.6 is 0 Å². The van der Waals surface area contributed by atoms with Crippen molar-refractivity contribution in [2.24, 2.45) is 0 Å². The molecule has 0 aliphatic carbocycles. The number of carbonyl (C=O) groups excluding carboxylic acids is 2. The molecule has 256 valence electrons. The van der Waals surface area contributed by atoms with Crippen molar-refractivity contribution in [2.75, 3.05) is 0 Å². The van der Waals surface area contributed by atoms with Gasteiger partial charge in [0.2, 0.25) is 0 Å². The molecule has 4 nitrogen and oxygen atoms in total. The second-order valence-electron chi connectivity index (χ2n) is 13.3. The van der Waals surface area contributed by atoms with E-state index in [9.17, 15) is 9.59 Å². The zero-order chi connectivity index (χ0) is 31.6. The van der Waals surface area contributed by atoms with Crippen LogP contribution in [0, 0.1) is 0 Å². The highest BCUT2D eigenvalue weighted by molar-refractivity contribution is 5.72. The summed E-state index contributed by atoms with van der Waals surface area (Å²) in [5.74, 6) is -0.268. The molecular formula is C39H76O4. The minimum atomic E-state index is -0.134. The quantitative estimate of drug-likeness (QED) is 0.0538. The summed E-state index contributed by atoms with van der Waals surface area (Å²) in [6.45, 7) is 9.00. The molecule has 0 fully saturated rings. The summed E-state index contributed by atoms with van der Waals surface area (Å²) in [6, 6.07) is 0. The van der Waals surface area contributed by atoms with E-state index in [4.69, 9.17) is 9.47 Å². The minimum Gasteiger partial charge on any atom is -0.462 e. The topological polar surface area (TPSA) is 52.6 Å². The van der Waals surface area contributed by atoms with E-state index in [2.05, 4.69) is 27.7 Å². The van der Waals surface area contributed by atoms with Gasteiger partial charge in [0.15, 0.2) is 0 Å². The van der Waals surface area contributed by atoms with Crippen LogP contribution in [0.2, 0.25) is 0 Å². The molecule has 0 bridgehead atoms. The van der Waals surface area contributed by atoms with Crippen molar-refractivity contribution in [1.82, 2.24) is 0 Å². The van der Waals surface area contributed by atoms with Gasteiger partial charge in [-0.15, -0.1) is 0 Å². The molecule has 43 heavy (non-hydrogen) atoms. The monoisotopic (exact) mass is 609 g/mol. The molecular weight excluding hydrogens is 532 g/mol. The van der Waals surface area contributed by atoms with Crippen molar-refractivity contribution in [1.29, 1.82) is 0 Å². The highest BCUT2D eigenvalue weighted by atomic mass is 16.5. The highest BCUT2D eigenvalue weighted by Gasteiger charge is 2.17. The summed E-state index contributed by atoms with van der Waals surface area (Å²) in [4.78, 5) is 25.5. The Morgan fingerprint density at radius 2 is 0.581 bits per heavy atom. The Labute approximate surface area is 269 Å².